The second kappa shape index (κ2) is 7.07. The molecule has 1 aliphatic heterocycles. The number of sulfonamides is 1. The van der Waals surface area contributed by atoms with Gasteiger partial charge in [-0.3, -0.25) is 4.79 Å². The van der Waals surface area contributed by atoms with Crippen LogP contribution < -0.4 is 5.73 Å². The van der Waals surface area contributed by atoms with E-state index in [1.807, 2.05) is 0 Å². The molecule has 0 radical (unpaired) electrons. The number of primary amides is 1. The van der Waals surface area contributed by atoms with Crippen molar-refractivity contribution in [1.29, 1.82) is 0 Å². The molecule has 23 heavy (non-hydrogen) atoms. The standard InChI is InChI=1S/C14H18N2O6S/c1-10(13(15)17)22-14(18)11-3-2-4-12(9-11)23(19,20)16-5-7-21-8-6-16/h2-4,9-10H,5-8H2,1H3,(H2,15,17). The fraction of sp³-hybridized carbons (Fsp3) is 0.429. The Hall–Kier alpha value is -1.97. The topological polar surface area (TPSA) is 116 Å². The molecule has 1 aromatic carbocycles. The Labute approximate surface area is 134 Å². The van der Waals surface area contributed by atoms with Crippen LogP contribution in [0.25, 0.3) is 0 Å². The van der Waals surface area contributed by atoms with E-state index < -0.39 is 28.0 Å². The third-order valence-electron chi connectivity index (χ3n) is 3.36. The molecule has 1 atom stereocenters. The van der Waals surface area contributed by atoms with E-state index in [9.17, 15) is 18.0 Å². The molecule has 1 saturated heterocycles. The molecule has 1 amide bonds. The summed E-state index contributed by atoms with van der Waals surface area (Å²) in [5, 5.41) is 0. The van der Waals surface area contributed by atoms with Crippen LogP contribution in [-0.2, 0) is 24.3 Å². The van der Waals surface area contributed by atoms with E-state index in [1.54, 1.807) is 0 Å². The number of nitrogens with two attached hydrogens (primary N) is 1. The number of ether oxygens (including phenoxy) is 2. The first-order valence-corrected chi connectivity index (χ1v) is 8.44. The summed E-state index contributed by atoms with van der Waals surface area (Å²) in [4.78, 5) is 22.9. The van der Waals surface area contributed by atoms with Gasteiger partial charge in [0.1, 0.15) is 0 Å². The van der Waals surface area contributed by atoms with E-state index in [1.165, 1.54) is 35.5 Å². The van der Waals surface area contributed by atoms with E-state index in [4.69, 9.17) is 15.2 Å². The second-order valence-electron chi connectivity index (χ2n) is 4.99. The average Bonchev–Trinajstić information content (AvgIpc) is 2.55. The monoisotopic (exact) mass is 342 g/mol. The van der Waals surface area contributed by atoms with Gasteiger partial charge in [0.05, 0.1) is 23.7 Å². The predicted octanol–water partition coefficient (Wildman–Crippen LogP) is -0.262. The highest BCUT2D eigenvalue weighted by molar-refractivity contribution is 7.89. The van der Waals surface area contributed by atoms with Crippen molar-refractivity contribution in [2.45, 2.75) is 17.9 Å². The highest BCUT2D eigenvalue weighted by Gasteiger charge is 2.27. The van der Waals surface area contributed by atoms with Gasteiger partial charge in [0, 0.05) is 13.1 Å². The fourth-order valence-corrected chi connectivity index (χ4v) is 3.46. The normalized spacial score (nSPS) is 17.4. The zero-order chi connectivity index (χ0) is 17.0. The molecular weight excluding hydrogens is 324 g/mol. The summed E-state index contributed by atoms with van der Waals surface area (Å²) < 4.78 is 36.4. The maximum Gasteiger partial charge on any atom is 0.338 e. The molecule has 0 aliphatic carbocycles. The Morgan fingerprint density at radius 3 is 2.57 bits per heavy atom. The van der Waals surface area contributed by atoms with Gasteiger partial charge in [-0.15, -0.1) is 0 Å². The second-order valence-corrected chi connectivity index (χ2v) is 6.93. The molecule has 1 heterocycles. The molecular formula is C14H18N2O6S. The van der Waals surface area contributed by atoms with E-state index >= 15 is 0 Å². The predicted molar refractivity (Wildman–Crippen MR) is 80.1 cm³/mol. The number of hydrogen-bond acceptors (Lipinski definition) is 6. The number of rotatable bonds is 5. The Morgan fingerprint density at radius 2 is 1.96 bits per heavy atom. The van der Waals surface area contributed by atoms with Gasteiger partial charge in [-0.2, -0.15) is 4.31 Å². The SMILES string of the molecule is CC(OC(=O)c1cccc(S(=O)(=O)N2CCOCC2)c1)C(N)=O. The van der Waals surface area contributed by atoms with Gasteiger partial charge in [-0.05, 0) is 25.1 Å². The summed E-state index contributed by atoms with van der Waals surface area (Å²) in [5.74, 6) is -1.59. The van der Waals surface area contributed by atoms with Crippen LogP contribution >= 0.6 is 0 Å². The summed E-state index contributed by atoms with van der Waals surface area (Å²) in [6.45, 7) is 2.52. The van der Waals surface area contributed by atoms with Crippen LogP contribution in [0.4, 0.5) is 0 Å². The van der Waals surface area contributed by atoms with Gasteiger partial charge in [0.15, 0.2) is 6.10 Å². The van der Waals surface area contributed by atoms with Crippen molar-refractivity contribution in [3.63, 3.8) is 0 Å². The van der Waals surface area contributed by atoms with Gasteiger partial charge in [-0.1, -0.05) is 6.07 Å². The summed E-state index contributed by atoms with van der Waals surface area (Å²) in [6, 6.07) is 5.48. The zero-order valence-electron chi connectivity index (χ0n) is 12.6. The summed E-state index contributed by atoms with van der Waals surface area (Å²) in [6.07, 6.45) is -1.10. The minimum absolute atomic E-state index is 0.0134. The summed E-state index contributed by atoms with van der Waals surface area (Å²) in [5.41, 5.74) is 5.06. The average molecular weight is 342 g/mol. The molecule has 1 fully saturated rings. The van der Waals surface area contributed by atoms with E-state index in [-0.39, 0.29) is 23.5 Å². The lowest BCUT2D eigenvalue weighted by Crippen LogP contribution is -2.40. The van der Waals surface area contributed by atoms with Gasteiger partial charge in [0.2, 0.25) is 10.0 Å². The Bertz CT molecular complexity index is 697. The molecule has 0 saturated carbocycles. The van der Waals surface area contributed by atoms with Crippen LogP contribution in [-0.4, -0.2) is 57.0 Å². The number of carbonyl (C=O) groups is 2. The molecule has 0 aromatic heterocycles. The number of morpholine rings is 1. The Balaban J connectivity index is 2.22. The molecule has 0 spiro atoms. The van der Waals surface area contributed by atoms with Crippen molar-refractivity contribution in [3.8, 4) is 0 Å². The van der Waals surface area contributed by atoms with Crippen LogP contribution in [0.3, 0.4) is 0 Å². The van der Waals surface area contributed by atoms with Crippen LogP contribution in [0.1, 0.15) is 17.3 Å². The van der Waals surface area contributed by atoms with Gasteiger partial charge >= 0.3 is 5.97 Å². The van der Waals surface area contributed by atoms with Gasteiger partial charge in [0.25, 0.3) is 5.91 Å². The van der Waals surface area contributed by atoms with E-state index in [0.29, 0.717) is 13.2 Å². The quantitative estimate of drug-likeness (QED) is 0.737. The van der Waals surface area contributed by atoms with Crippen molar-refractivity contribution < 1.29 is 27.5 Å². The van der Waals surface area contributed by atoms with Crippen LogP contribution in [0.5, 0.6) is 0 Å². The minimum Gasteiger partial charge on any atom is -0.449 e. The van der Waals surface area contributed by atoms with Crippen molar-refractivity contribution >= 4 is 21.9 Å². The van der Waals surface area contributed by atoms with Crippen LogP contribution in [0.15, 0.2) is 29.2 Å². The maximum absolute atomic E-state index is 12.5. The molecule has 0 bridgehead atoms. The highest BCUT2D eigenvalue weighted by atomic mass is 32.2. The first-order valence-electron chi connectivity index (χ1n) is 7.00. The number of hydrogen-bond donors (Lipinski definition) is 1. The van der Waals surface area contributed by atoms with E-state index in [2.05, 4.69) is 0 Å². The maximum atomic E-state index is 12.5. The number of benzene rings is 1. The van der Waals surface area contributed by atoms with Crippen molar-refractivity contribution in [1.82, 2.24) is 4.31 Å². The first kappa shape index (κ1) is 17.4. The Kier molecular flexibility index (Phi) is 5.34. The smallest absolute Gasteiger partial charge is 0.338 e. The van der Waals surface area contributed by atoms with Crippen LogP contribution in [0.2, 0.25) is 0 Å². The molecule has 8 nitrogen and oxygen atoms in total. The Morgan fingerprint density at radius 1 is 1.30 bits per heavy atom. The van der Waals surface area contributed by atoms with Crippen molar-refractivity contribution in [3.05, 3.63) is 29.8 Å². The molecule has 2 rings (SSSR count). The third-order valence-corrected chi connectivity index (χ3v) is 5.26. The van der Waals surface area contributed by atoms with Gasteiger partial charge in [-0.25, -0.2) is 13.2 Å². The summed E-state index contributed by atoms with van der Waals surface area (Å²) >= 11 is 0. The molecule has 1 aliphatic rings. The molecule has 126 valence electrons. The molecule has 2 N–H and O–H groups in total. The largest absolute Gasteiger partial charge is 0.449 e. The minimum atomic E-state index is -3.71. The number of nitrogens with zero attached hydrogens (tertiary/aromatic N) is 1. The lowest BCUT2D eigenvalue weighted by atomic mass is 10.2. The third kappa shape index (κ3) is 4.06. The zero-order valence-corrected chi connectivity index (χ0v) is 13.4. The molecule has 1 unspecified atom stereocenters. The molecule has 1 aromatic rings. The van der Waals surface area contributed by atoms with Gasteiger partial charge < -0.3 is 15.2 Å². The number of carbonyl (C=O) groups excluding carboxylic acids is 2. The number of amides is 1. The van der Waals surface area contributed by atoms with E-state index in [0.717, 1.165) is 0 Å². The first-order chi connectivity index (χ1) is 10.8. The van der Waals surface area contributed by atoms with Crippen molar-refractivity contribution in [2.24, 2.45) is 5.73 Å². The number of esters is 1. The lowest BCUT2D eigenvalue weighted by Gasteiger charge is -2.26. The van der Waals surface area contributed by atoms with Crippen LogP contribution in [0, 0.1) is 0 Å². The summed E-state index contributed by atoms with van der Waals surface area (Å²) in [7, 11) is -3.71. The lowest BCUT2D eigenvalue weighted by molar-refractivity contribution is -0.125. The fourth-order valence-electron chi connectivity index (χ4n) is 2.01. The highest BCUT2D eigenvalue weighted by Crippen LogP contribution is 2.19. The van der Waals surface area contributed by atoms with Crippen molar-refractivity contribution in [2.75, 3.05) is 26.3 Å². The molecule has 9 heteroatoms.